The second-order valence-corrected chi connectivity index (χ2v) is 8.98. The molecule has 184 valence electrons. The Morgan fingerprint density at radius 3 is 2.65 bits per heavy atom. The van der Waals surface area contributed by atoms with E-state index in [2.05, 4.69) is 25.5 Å². The zero-order chi connectivity index (χ0) is 25.6. The predicted molar refractivity (Wildman–Crippen MR) is 145 cm³/mol. The molecule has 0 unspecified atom stereocenters. The van der Waals surface area contributed by atoms with E-state index in [4.69, 9.17) is 9.47 Å². The van der Waals surface area contributed by atoms with Gasteiger partial charge in [-0.25, -0.2) is 0 Å². The normalized spacial score (nSPS) is 11.1. The lowest BCUT2D eigenvalue weighted by Gasteiger charge is -2.12. The van der Waals surface area contributed by atoms with Crippen LogP contribution in [-0.4, -0.2) is 40.3 Å². The number of benzene rings is 2. The number of hydrogen-bond donors (Lipinski definition) is 2. The van der Waals surface area contributed by atoms with Crippen LogP contribution in [0, 0.1) is 0 Å². The van der Waals surface area contributed by atoms with Gasteiger partial charge in [-0.3, -0.25) is 14.9 Å². The van der Waals surface area contributed by atoms with Gasteiger partial charge in [0.2, 0.25) is 11.8 Å². The highest BCUT2D eigenvalue weighted by Gasteiger charge is 2.16. The number of carbonyl (C=O) groups is 1. The molecule has 0 fully saturated rings. The highest BCUT2D eigenvalue weighted by Crippen LogP contribution is 2.34. The van der Waals surface area contributed by atoms with Crippen molar-refractivity contribution in [3.8, 4) is 11.8 Å². The molecular formula is C28H23N5O3S. The Bertz CT molecular complexity index is 1580. The van der Waals surface area contributed by atoms with Crippen LogP contribution in [0.2, 0.25) is 0 Å². The predicted octanol–water partition coefficient (Wildman–Crippen LogP) is 5.94. The summed E-state index contributed by atoms with van der Waals surface area (Å²) in [5.41, 5.74) is 3.59. The van der Waals surface area contributed by atoms with Gasteiger partial charge in [0.15, 0.2) is 0 Å². The Balaban J connectivity index is 1.36. The van der Waals surface area contributed by atoms with Crippen molar-refractivity contribution in [1.82, 2.24) is 20.2 Å². The van der Waals surface area contributed by atoms with Crippen molar-refractivity contribution in [2.75, 3.05) is 19.5 Å². The third-order valence-electron chi connectivity index (χ3n) is 5.51. The fourth-order valence-corrected chi connectivity index (χ4v) is 4.68. The van der Waals surface area contributed by atoms with E-state index in [0.717, 1.165) is 32.1 Å². The number of amides is 1. The summed E-state index contributed by atoms with van der Waals surface area (Å²) < 4.78 is 10.4. The molecular weight excluding hydrogens is 486 g/mol. The third-order valence-corrected chi connectivity index (χ3v) is 6.57. The van der Waals surface area contributed by atoms with E-state index in [1.807, 2.05) is 66.7 Å². The van der Waals surface area contributed by atoms with E-state index in [-0.39, 0.29) is 11.8 Å². The second-order valence-electron chi connectivity index (χ2n) is 7.87. The molecule has 37 heavy (non-hydrogen) atoms. The molecule has 3 aromatic heterocycles. The summed E-state index contributed by atoms with van der Waals surface area (Å²) in [6.07, 6.45) is 5.63. The molecule has 2 aromatic carbocycles. The van der Waals surface area contributed by atoms with E-state index in [1.165, 1.54) is 26.0 Å². The zero-order valence-corrected chi connectivity index (χ0v) is 21.0. The van der Waals surface area contributed by atoms with Crippen LogP contribution in [0.4, 0.5) is 5.69 Å². The minimum Gasteiger partial charge on any atom is -0.481 e. The Morgan fingerprint density at radius 2 is 1.84 bits per heavy atom. The van der Waals surface area contributed by atoms with Gasteiger partial charge in [0.25, 0.3) is 5.91 Å². The number of anilines is 1. The van der Waals surface area contributed by atoms with Crippen LogP contribution < -0.4 is 14.8 Å². The monoisotopic (exact) mass is 509 g/mol. The molecule has 1 amide bonds. The molecule has 0 aliphatic heterocycles. The number of methoxy groups -OCH3 is 2. The Labute approximate surface area is 217 Å². The van der Waals surface area contributed by atoms with Gasteiger partial charge in [0.1, 0.15) is 5.69 Å². The fourth-order valence-electron chi connectivity index (χ4n) is 3.70. The maximum Gasteiger partial charge on any atom is 0.256 e. The molecule has 2 N–H and O–H groups in total. The average Bonchev–Trinajstić information content (AvgIpc) is 3.35. The summed E-state index contributed by atoms with van der Waals surface area (Å²) in [6, 6.07) is 22.6. The summed E-state index contributed by atoms with van der Waals surface area (Å²) in [4.78, 5) is 23.5. The molecule has 5 rings (SSSR count). The molecule has 0 radical (unpaired) electrons. The number of rotatable bonds is 8. The number of nitrogens with one attached hydrogen (secondary N) is 2. The van der Waals surface area contributed by atoms with Crippen LogP contribution in [0.1, 0.15) is 21.7 Å². The number of aromatic amines is 1. The van der Waals surface area contributed by atoms with Crippen LogP contribution in [0.5, 0.6) is 11.8 Å². The second kappa shape index (κ2) is 11.0. The Hall–Kier alpha value is -4.63. The van der Waals surface area contributed by atoms with Crippen LogP contribution >= 0.6 is 11.8 Å². The first-order valence-corrected chi connectivity index (χ1v) is 12.2. The maximum atomic E-state index is 13.2. The van der Waals surface area contributed by atoms with Crippen molar-refractivity contribution < 1.29 is 14.3 Å². The lowest BCUT2D eigenvalue weighted by molar-refractivity contribution is 0.102. The highest BCUT2D eigenvalue weighted by atomic mass is 32.2. The van der Waals surface area contributed by atoms with Gasteiger partial charge in [-0.2, -0.15) is 10.1 Å². The summed E-state index contributed by atoms with van der Waals surface area (Å²) >= 11 is 1.50. The number of H-pyrrole nitrogens is 1. The van der Waals surface area contributed by atoms with Crippen molar-refractivity contribution >= 4 is 46.4 Å². The van der Waals surface area contributed by atoms with E-state index >= 15 is 0 Å². The number of aromatic nitrogens is 4. The number of ether oxygens (including phenoxy) is 2. The molecule has 0 aliphatic rings. The Morgan fingerprint density at radius 1 is 0.973 bits per heavy atom. The highest BCUT2D eigenvalue weighted by molar-refractivity contribution is 7.99. The third kappa shape index (κ3) is 5.46. The van der Waals surface area contributed by atoms with Crippen molar-refractivity contribution in [3.63, 3.8) is 0 Å². The molecule has 0 bridgehead atoms. The molecule has 9 heteroatoms. The number of fused-ring (bicyclic) bond motifs is 1. The summed E-state index contributed by atoms with van der Waals surface area (Å²) in [6.45, 7) is 0. The van der Waals surface area contributed by atoms with Gasteiger partial charge >= 0.3 is 0 Å². The van der Waals surface area contributed by atoms with Gasteiger partial charge in [-0.1, -0.05) is 30.0 Å². The molecule has 0 spiro atoms. The molecule has 0 atom stereocenters. The lowest BCUT2D eigenvalue weighted by Crippen LogP contribution is -2.14. The average molecular weight is 510 g/mol. The first-order valence-electron chi connectivity index (χ1n) is 11.4. The molecule has 5 aromatic rings. The molecule has 3 heterocycles. The van der Waals surface area contributed by atoms with Gasteiger partial charge in [0.05, 0.1) is 36.7 Å². The van der Waals surface area contributed by atoms with Gasteiger partial charge in [0, 0.05) is 27.4 Å². The van der Waals surface area contributed by atoms with Crippen LogP contribution in [0.15, 0.2) is 88.8 Å². The lowest BCUT2D eigenvalue weighted by atomic mass is 10.2. The molecule has 0 aliphatic carbocycles. The Kier molecular flexibility index (Phi) is 7.14. The van der Waals surface area contributed by atoms with Gasteiger partial charge in [-0.05, 0) is 60.7 Å². The minimum atomic E-state index is -0.266. The fraction of sp³-hybridized carbons (Fsp3) is 0.0714. The van der Waals surface area contributed by atoms with Crippen molar-refractivity contribution in [2.45, 2.75) is 9.79 Å². The van der Waals surface area contributed by atoms with E-state index < -0.39 is 0 Å². The zero-order valence-electron chi connectivity index (χ0n) is 20.1. The van der Waals surface area contributed by atoms with Crippen molar-refractivity contribution in [3.05, 3.63) is 95.9 Å². The van der Waals surface area contributed by atoms with Crippen LogP contribution in [0.3, 0.4) is 0 Å². The minimum absolute atomic E-state index is 0.266. The van der Waals surface area contributed by atoms with Crippen molar-refractivity contribution in [1.29, 1.82) is 0 Å². The van der Waals surface area contributed by atoms with Gasteiger partial charge in [-0.15, -0.1) is 0 Å². The van der Waals surface area contributed by atoms with E-state index in [0.29, 0.717) is 17.1 Å². The summed E-state index contributed by atoms with van der Waals surface area (Å²) in [5, 5.41) is 11.4. The largest absolute Gasteiger partial charge is 0.481 e. The van der Waals surface area contributed by atoms with E-state index in [1.54, 1.807) is 24.4 Å². The quantitative estimate of drug-likeness (QED) is 0.267. The standard InChI is InChI=1S/C28H23N5O3S/c1-35-26-15-14-23(28(31-26)36-2)30-27(34)21-8-3-4-9-25(21)37-19-11-12-20-22(32-33-24(20)17-19)13-10-18-7-5-6-16-29-18/h3-17H,1-2H3,(H,30,34)(H,32,33)/b13-10+. The number of hydrogen-bond acceptors (Lipinski definition) is 7. The van der Waals surface area contributed by atoms with Crippen LogP contribution in [-0.2, 0) is 0 Å². The number of pyridine rings is 2. The number of carbonyl (C=O) groups excluding carboxylic acids is 1. The van der Waals surface area contributed by atoms with Crippen molar-refractivity contribution in [2.24, 2.45) is 0 Å². The number of nitrogens with zero attached hydrogens (tertiary/aromatic N) is 3. The summed E-state index contributed by atoms with van der Waals surface area (Å²) in [5.74, 6) is 0.406. The first-order chi connectivity index (χ1) is 18.1. The molecule has 0 saturated heterocycles. The van der Waals surface area contributed by atoms with E-state index in [9.17, 15) is 4.79 Å². The molecule has 8 nitrogen and oxygen atoms in total. The summed E-state index contributed by atoms with van der Waals surface area (Å²) in [7, 11) is 3.01. The maximum absolute atomic E-state index is 13.2. The smallest absolute Gasteiger partial charge is 0.256 e. The molecule has 0 saturated carbocycles. The first kappa shape index (κ1) is 24.1. The topological polar surface area (TPSA) is 102 Å². The van der Waals surface area contributed by atoms with Crippen LogP contribution in [0.25, 0.3) is 23.1 Å². The SMILES string of the molecule is COc1ccc(NC(=O)c2ccccc2Sc2ccc3c(/C=C/c4ccccn4)n[nH]c3c2)c(OC)n1. The van der Waals surface area contributed by atoms with Gasteiger partial charge < -0.3 is 14.8 Å².